The highest BCUT2D eigenvalue weighted by Gasteiger charge is 2.40. The Balaban J connectivity index is 1.63. The van der Waals surface area contributed by atoms with Crippen molar-refractivity contribution >= 4 is 17.3 Å². The molecule has 2 atom stereocenters. The van der Waals surface area contributed by atoms with E-state index in [1.807, 2.05) is 31.2 Å². The van der Waals surface area contributed by atoms with Crippen LogP contribution in [-0.2, 0) is 21.1 Å². The van der Waals surface area contributed by atoms with E-state index < -0.39 is 5.91 Å². The maximum atomic E-state index is 11.7. The second-order valence-corrected chi connectivity index (χ2v) is 6.87. The summed E-state index contributed by atoms with van der Waals surface area (Å²) in [5.41, 5.74) is 9.00. The van der Waals surface area contributed by atoms with E-state index in [9.17, 15) is 4.79 Å². The number of carbonyl (C=O) groups is 1. The predicted octanol–water partition coefficient (Wildman–Crippen LogP) is 3.23. The lowest BCUT2D eigenvalue weighted by Gasteiger charge is -2.09. The maximum absolute atomic E-state index is 11.7. The first-order valence-electron chi connectivity index (χ1n) is 9.34. The molecule has 7 heteroatoms. The first kappa shape index (κ1) is 20.4. The topological polar surface area (TPSA) is 95.5 Å². The summed E-state index contributed by atoms with van der Waals surface area (Å²) in [5, 5.41) is 8.02. The highest BCUT2D eigenvalue weighted by molar-refractivity contribution is 6.45. The number of oxime groups is 2. The highest BCUT2D eigenvalue weighted by atomic mass is 16.6. The smallest absolute Gasteiger partial charge is 0.271 e. The minimum absolute atomic E-state index is 0.0502. The molecule has 1 aliphatic carbocycles. The van der Waals surface area contributed by atoms with E-state index in [2.05, 4.69) is 22.4 Å². The van der Waals surface area contributed by atoms with Gasteiger partial charge in [0.2, 0.25) is 0 Å². The zero-order valence-corrected chi connectivity index (χ0v) is 16.8. The van der Waals surface area contributed by atoms with Crippen molar-refractivity contribution in [3.63, 3.8) is 0 Å². The van der Waals surface area contributed by atoms with Crippen LogP contribution in [0.3, 0.4) is 0 Å². The molecule has 2 unspecified atom stereocenters. The summed E-state index contributed by atoms with van der Waals surface area (Å²) in [6, 6.07) is 15.4. The summed E-state index contributed by atoms with van der Waals surface area (Å²) < 4.78 is 5.21. The lowest BCUT2D eigenvalue weighted by atomic mass is 10.0. The molecule has 7 nitrogen and oxygen atoms in total. The van der Waals surface area contributed by atoms with Gasteiger partial charge in [-0.3, -0.25) is 4.79 Å². The minimum Gasteiger partial charge on any atom is -0.497 e. The van der Waals surface area contributed by atoms with Gasteiger partial charge in [-0.15, -0.1) is 0 Å². The zero-order chi connectivity index (χ0) is 20.8. The number of hydrogen-bond acceptors (Lipinski definition) is 6. The average Bonchev–Trinajstić information content (AvgIpc) is 3.53. The number of benzene rings is 2. The summed E-state index contributed by atoms with van der Waals surface area (Å²) in [6.07, 6.45) is 1.05. The van der Waals surface area contributed by atoms with Crippen molar-refractivity contribution in [1.29, 1.82) is 0 Å². The van der Waals surface area contributed by atoms with E-state index in [0.717, 1.165) is 23.4 Å². The number of nitrogens with two attached hydrogens (primary N) is 1. The standard InChI is InChI=1S/C22H25N3O4/c1-14(19-12-20(19)15-8-10-17(27-2)11-9-15)24-29-13-16-6-4-5-7-18(16)21(22(23)26)25-28-3/h4-11,19-20H,12-13H2,1-3H3,(H2,23,26)/b24-14+,25-21-. The summed E-state index contributed by atoms with van der Waals surface area (Å²) in [5.74, 6) is 1.01. The minimum atomic E-state index is -0.667. The normalized spacial score (nSPS) is 18.9. The molecule has 2 aromatic carbocycles. The van der Waals surface area contributed by atoms with Crippen LogP contribution < -0.4 is 10.5 Å². The third-order valence-electron chi connectivity index (χ3n) is 4.99. The first-order valence-corrected chi connectivity index (χ1v) is 9.34. The Morgan fingerprint density at radius 2 is 1.83 bits per heavy atom. The summed E-state index contributed by atoms with van der Waals surface area (Å²) in [6.45, 7) is 2.17. The quantitative estimate of drug-likeness (QED) is 0.521. The molecule has 1 aliphatic rings. The molecule has 1 fully saturated rings. The van der Waals surface area contributed by atoms with Crippen molar-refractivity contribution in [1.82, 2.24) is 0 Å². The average molecular weight is 395 g/mol. The number of hydrogen-bond donors (Lipinski definition) is 1. The molecule has 0 heterocycles. The van der Waals surface area contributed by atoms with Crippen LogP contribution in [0, 0.1) is 5.92 Å². The third kappa shape index (κ3) is 4.93. The molecule has 0 spiro atoms. The Kier molecular flexibility index (Phi) is 6.49. The molecule has 152 valence electrons. The number of amides is 1. The van der Waals surface area contributed by atoms with E-state index in [1.54, 1.807) is 19.2 Å². The third-order valence-corrected chi connectivity index (χ3v) is 4.99. The zero-order valence-electron chi connectivity index (χ0n) is 16.8. The van der Waals surface area contributed by atoms with Gasteiger partial charge in [-0.25, -0.2) is 0 Å². The second kappa shape index (κ2) is 9.23. The fourth-order valence-corrected chi connectivity index (χ4v) is 3.34. The van der Waals surface area contributed by atoms with Crippen LogP contribution >= 0.6 is 0 Å². The maximum Gasteiger partial charge on any atom is 0.271 e. The van der Waals surface area contributed by atoms with Crippen molar-refractivity contribution in [2.75, 3.05) is 14.2 Å². The van der Waals surface area contributed by atoms with Crippen LogP contribution in [0.2, 0.25) is 0 Å². The molecule has 1 amide bonds. The predicted molar refractivity (Wildman–Crippen MR) is 111 cm³/mol. The van der Waals surface area contributed by atoms with Crippen molar-refractivity contribution in [2.24, 2.45) is 22.0 Å². The SMILES string of the molecule is CO/N=C(\C(N)=O)c1ccccc1CO/N=C(\C)C1CC1c1ccc(OC)cc1. The molecular weight excluding hydrogens is 370 g/mol. The molecule has 0 radical (unpaired) electrons. The monoisotopic (exact) mass is 395 g/mol. The molecule has 0 bridgehead atoms. The van der Waals surface area contributed by atoms with E-state index in [-0.39, 0.29) is 12.3 Å². The fourth-order valence-electron chi connectivity index (χ4n) is 3.34. The van der Waals surface area contributed by atoms with Crippen molar-refractivity contribution in [3.05, 3.63) is 65.2 Å². The van der Waals surface area contributed by atoms with Gasteiger partial charge >= 0.3 is 0 Å². The Hall–Kier alpha value is -3.35. The Morgan fingerprint density at radius 3 is 2.48 bits per heavy atom. The highest BCUT2D eigenvalue weighted by Crippen LogP contribution is 2.48. The van der Waals surface area contributed by atoms with Gasteiger partial charge in [0.1, 0.15) is 19.5 Å². The first-order chi connectivity index (χ1) is 14.0. The van der Waals surface area contributed by atoms with Crippen LogP contribution in [-0.4, -0.2) is 31.6 Å². The summed E-state index contributed by atoms with van der Waals surface area (Å²) in [4.78, 5) is 22.0. The molecular formula is C22H25N3O4. The van der Waals surface area contributed by atoms with E-state index in [1.165, 1.54) is 12.7 Å². The number of primary amides is 1. The second-order valence-electron chi connectivity index (χ2n) is 6.87. The number of nitrogens with zero attached hydrogens (tertiary/aromatic N) is 2. The van der Waals surface area contributed by atoms with Gasteiger partial charge in [-0.2, -0.15) is 0 Å². The number of rotatable bonds is 9. The molecule has 2 N–H and O–H groups in total. The molecule has 0 saturated heterocycles. The molecule has 2 aromatic rings. The van der Waals surface area contributed by atoms with Gasteiger partial charge in [0.05, 0.1) is 12.8 Å². The van der Waals surface area contributed by atoms with Gasteiger partial charge in [0, 0.05) is 17.0 Å². The van der Waals surface area contributed by atoms with Crippen LogP contribution in [0.25, 0.3) is 0 Å². The fraction of sp³-hybridized carbons (Fsp3) is 0.318. The van der Waals surface area contributed by atoms with E-state index in [4.69, 9.17) is 20.1 Å². The Bertz CT molecular complexity index is 922. The van der Waals surface area contributed by atoms with Gasteiger partial charge in [-0.05, 0) is 37.0 Å². The number of ether oxygens (including phenoxy) is 1. The molecule has 1 saturated carbocycles. The number of carbonyl (C=O) groups excluding carboxylic acids is 1. The Morgan fingerprint density at radius 1 is 1.10 bits per heavy atom. The largest absolute Gasteiger partial charge is 0.497 e. The van der Waals surface area contributed by atoms with Gasteiger partial charge < -0.3 is 20.1 Å². The lowest BCUT2D eigenvalue weighted by molar-refractivity contribution is -0.112. The van der Waals surface area contributed by atoms with Gasteiger partial charge in [0.25, 0.3) is 5.91 Å². The van der Waals surface area contributed by atoms with Crippen LogP contribution in [0.4, 0.5) is 0 Å². The van der Waals surface area contributed by atoms with Crippen LogP contribution in [0.15, 0.2) is 58.8 Å². The van der Waals surface area contributed by atoms with Crippen molar-refractivity contribution in [2.45, 2.75) is 25.9 Å². The molecule has 29 heavy (non-hydrogen) atoms. The molecule has 0 aromatic heterocycles. The molecule has 3 rings (SSSR count). The van der Waals surface area contributed by atoms with Gasteiger partial charge in [-0.1, -0.05) is 46.7 Å². The van der Waals surface area contributed by atoms with Crippen LogP contribution in [0.1, 0.15) is 36.0 Å². The van der Waals surface area contributed by atoms with Crippen molar-refractivity contribution < 1.29 is 19.2 Å². The summed E-state index contributed by atoms with van der Waals surface area (Å²) >= 11 is 0. The van der Waals surface area contributed by atoms with E-state index >= 15 is 0 Å². The number of methoxy groups -OCH3 is 1. The summed E-state index contributed by atoms with van der Waals surface area (Å²) in [7, 11) is 3.03. The van der Waals surface area contributed by atoms with Crippen molar-refractivity contribution in [3.8, 4) is 5.75 Å². The van der Waals surface area contributed by atoms with Crippen LogP contribution in [0.5, 0.6) is 5.75 Å². The molecule has 0 aliphatic heterocycles. The van der Waals surface area contributed by atoms with E-state index in [0.29, 0.717) is 17.4 Å². The lowest BCUT2D eigenvalue weighted by Crippen LogP contribution is -2.25. The Labute approximate surface area is 170 Å². The van der Waals surface area contributed by atoms with Gasteiger partial charge in [0.15, 0.2) is 5.71 Å².